The van der Waals surface area contributed by atoms with Crippen molar-refractivity contribution in [2.24, 2.45) is 0 Å². The summed E-state index contributed by atoms with van der Waals surface area (Å²) in [6, 6.07) is -0.347. The number of halogens is 1. The predicted octanol–water partition coefficient (Wildman–Crippen LogP) is 1.52. The number of aromatic hydroxyl groups is 1. The van der Waals surface area contributed by atoms with Gasteiger partial charge in [0.2, 0.25) is 11.7 Å². The first kappa shape index (κ1) is 13.5. The zero-order valence-electron chi connectivity index (χ0n) is 9.99. The number of unbranched alkanes of at least 4 members (excludes halogenated alkanes) is 2. The molecule has 5 nitrogen and oxygen atoms in total. The summed E-state index contributed by atoms with van der Waals surface area (Å²) in [6.45, 7) is 3.75. The molecule has 0 bridgehead atoms. The van der Waals surface area contributed by atoms with E-state index in [2.05, 4.69) is 0 Å². The minimum atomic E-state index is -1.31. The first-order valence-electron chi connectivity index (χ1n) is 5.72. The smallest absolute Gasteiger partial charge is 0.331 e. The molecule has 1 heterocycles. The summed E-state index contributed by atoms with van der Waals surface area (Å²) in [5.74, 6) is -2.20. The monoisotopic (exact) mass is 244 g/mol. The normalized spacial score (nSPS) is 12.6. The Kier molecular flexibility index (Phi) is 4.48. The predicted molar refractivity (Wildman–Crippen MR) is 61.8 cm³/mol. The van der Waals surface area contributed by atoms with Crippen LogP contribution in [0.25, 0.3) is 0 Å². The fourth-order valence-electron chi connectivity index (χ4n) is 1.74. The number of nitrogens with one attached hydrogen (secondary N) is 1. The van der Waals surface area contributed by atoms with Crippen molar-refractivity contribution >= 4 is 0 Å². The van der Waals surface area contributed by atoms with Gasteiger partial charge in [-0.2, -0.15) is 4.39 Å². The fourth-order valence-corrected chi connectivity index (χ4v) is 1.74. The molecule has 0 aliphatic heterocycles. The maximum atomic E-state index is 13.2. The second-order valence-corrected chi connectivity index (χ2v) is 4.11. The van der Waals surface area contributed by atoms with Crippen molar-refractivity contribution in [1.29, 1.82) is 0 Å². The topological polar surface area (TPSA) is 75.1 Å². The van der Waals surface area contributed by atoms with Crippen molar-refractivity contribution in [2.45, 2.75) is 45.6 Å². The molecule has 1 unspecified atom stereocenters. The lowest BCUT2D eigenvalue weighted by Crippen LogP contribution is -2.33. The summed E-state index contributed by atoms with van der Waals surface area (Å²) in [4.78, 5) is 24.2. The van der Waals surface area contributed by atoms with E-state index in [0.29, 0.717) is 6.42 Å². The molecule has 0 aromatic carbocycles. The maximum absolute atomic E-state index is 13.2. The summed E-state index contributed by atoms with van der Waals surface area (Å²) >= 11 is 0. The average molecular weight is 244 g/mol. The molecule has 6 heteroatoms. The number of hydrogen-bond donors (Lipinski definition) is 2. The standard InChI is InChI=1S/C11H17FN2O3/c1-3-4-5-6-7(2)14-10(16)8(12)9(15)13-11(14)17/h7,16H,3-6H2,1-2H3,(H,13,15,17). The van der Waals surface area contributed by atoms with Crippen molar-refractivity contribution in [3.8, 4) is 5.88 Å². The van der Waals surface area contributed by atoms with Gasteiger partial charge < -0.3 is 5.11 Å². The highest BCUT2D eigenvalue weighted by molar-refractivity contribution is 5.10. The van der Waals surface area contributed by atoms with E-state index < -0.39 is 22.9 Å². The van der Waals surface area contributed by atoms with Crippen molar-refractivity contribution < 1.29 is 9.50 Å². The first-order chi connectivity index (χ1) is 7.99. The van der Waals surface area contributed by atoms with E-state index in [1.54, 1.807) is 6.92 Å². The van der Waals surface area contributed by atoms with Crippen LogP contribution >= 0.6 is 0 Å². The lowest BCUT2D eigenvalue weighted by atomic mass is 10.1. The van der Waals surface area contributed by atoms with Gasteiger partial charge in [0.05, 0.1) is 0 Å². The van der Waals surface area contributed by atoms with Crippen LogP contribution in [0.1, 0.15) is 45.6 Å². The fraction of sp³-hybridized carbons (Fsp3) is 0.636. The van der Waals surface area contributed by atoms with Gasteiger partial charge in [0, 0.05) is 6.04 Å². The Hall–Kier alpha value is -1.59. The third kappa shape index (κ3) is 2.95. The van der Waals surface area contributed by atoms with Crippen LogP contribution in [0.15, 0.2) is 9.59 Å². The van der Waals surface area contributed by atoms with Gasteiger partial charge >= 0.3 is 5.69 Å². The van der Waals surface area contributed by atoms with Crippen LogP contribution in [0.2, 0.25) is 0 Å². The molecular weight excluding hydrogens is 227 g/mol. The number of aromatic nitrogens is 2. The molecule has 96 valence electrons. The molecule has 1 rings (SSSR count). The molecule has 1 atom stereocenters. The second kappa shape index (κ2) is 5.65. The Morgan fingerprint density at radius 1 is 1.41 bits per heavy atom. The molecule has 0 aliphatic carbocycles. The van der Waals surface area contributed by atoms with Crippen molar-refractivity contribution in [1.82, 2.24) is 9.55 Å². The third-order valence-electron chi connectivity index (χ3n) is 2.73. The van der Waals surface area contributed by atoms with E-state index in [4.69, 9.17) is 0 Å². The molecule has 0 amide bonds. The molecule has 0 radical (unpaired) electrons. The van der Waals surface area contributed by atoms with Crippen molar-refractivity contribution in [3.63, 3.8) is 0 Å². The zero-order valence-corrected chi connectivity index (χ0v) is 9.99. The van der Waals surface area contributed by atoms with Crippen LogP contribution in [-0.2, 0) is 0 Å². The average Bonchev–Trinajstić information content (AvgIpc) is 2.26. The highest BCUT2D eigenvalue weighted by Gasteiger charge is 2.17. The third-order valence-corrected chi connectivity index (χ3v) is 2.73. The first-order valence-corrected chi connectivity index (χ1v) is 5.72. The molecule has 1 aromatic rings. The van der Waals surface area contributed by atoms with E-state index in [1.807, 2.05) is 11.9 Å². The molecule has 0 saturated carbocycles. The Balaban J connectivity index is 3.02. The molecule has 0 spiro atoms. The molecule has 2 N–H and O–H groups in total. The molecular formula is C11H17FN2O3. The number of rotatable bonds is 5. The van der Waals surface area contributed by atoms with Gasteiger partial charge in [-0.15, -0.1) is 0 Å². The van der Waals surface area contributed by atoms with Crippen LogP contribution < -0.4 is 11.2 Å². The second-order valence-electron chi connectivity index (χ2n) is 4.11. The largest absolute Gasteiger partial charge is 0.492 e. The number of hydrogen-bond acceptors (Lipinski definition) is 3. The minimum absolute atomic E-state index is 0.347. The lowest BCUT2D eigenvalue weighted by molar-refractivity contribution is 0.327. The van der Waals surface area contributed by atoms with Crippen LogP contribution in [0, 0.1) is 5.82 Å². The van der Waals surface area contributed by atoms with E-state index >= 15 is 0 Å². The summed E-state index contributed by atoms with van der Waals surface area (Å²) in [7, 11) is 0. The van der Waals surface area contributed by atoms with Crippen LogP contribution in [0.4, 0.5) is 4.39 Å². The number of aromatic amines is 1. The Labute approximate surface area is 97.9 Å². The molecule has 0 aliphatic rings. The molecule has 0 fully saturated rings. The van der Waals surface area contributed by atoms with Gasteiger partial charge in [-0.3, -0.25) is 14.3 Å². The number of nitrogens with zero attached hydrogens (tertiary/aromatic N) is 1. The van der Waals surface area contributed by atoms with Gasteiger partial charge in [0.15, 0.2) is 0 Å². The van der Waals surface area contributed by atoms with E-state index in [1.165, 1.54) is 0 Å². The van der Waals surface area contributed by atoms with Gasteiger partial charge in [0.25, 0.3) is 5.56 Å². The Bertz CT molecular complexity index is 492. The highest BCUT2D eigenvalue weighted by Crippen LogP contribution is 2.19. The molecule has 17 heavy (non-hydrogen) atoms. The van der Waals surface area contributed by atoms with Crippen LogP contribution in [0.5, 0.6) is 5.88 Å². The summed E-state index contributed by atoms with van der Waals surface area (Å²) < 4.78 is 14.0. The van der Waals surface area contributed by atoms with Gasteiger partial charge in [-0.25, -0.2) is 4.79 Å². The summed E-state index contributed by atoms with van der Waals surface area (Å²) in [5, 5.41) is 9.45. The van der Waals surface area contributed by atoms with Crippen molar-refractivity contribution in [3.05, 3.63) is 26.7 Å². The summed E-state index contributed by atoms with van der Waals surface area (Å²) in [5.41, 5.74) is -1.97. The molecule has 0 saturated heterocycles. The number of H-pyrrole nitrogens is 1. The van der Waals surface area contributed by atoms with Crippen molar-refractivity contribution in [2.75, 3.05) is 0 Å². The van der Waals surface area contributed by atoms with Gasteiger partial charge in [0.1, 0.15) is 0 Å². The van der Waals surface area contributed by atoms with Gasteiger partial charge in [-0.05, 0) is 13.3 Å². The van der Waals surface area contributed by atoms with Crippen LogP contribution in [-0.4, -0.2) is 14.7 Å². The highest BCUT2D eigenvalue weighted by atomic mass is 19.1. The Morgan fingerprint density at radius 3 is 2.65 bits per heavy atom. The maximum Gasteiger partial charge on any atom is 0.331 e. The minimum Gasteiger partial charge on any atom is -0.492 e. The van der Waals surface area contributed by atoms with Gasteiger partial charge in [-0.1, -0.05) is 26.2 Å². The zero-order chi connectivity index (χ0) is 13.0. The van der Waals surface area contributed by atoms with E-state index in [-0.39, 0.29) is 6.04 Å². The Morgan fingerprint density at radius 2 is 2.06 bits per heavy atom. The van der Waals surface area contributed by atoms with Crippen LogP contribution in [0.3, 0.4) is 0 Å². The van der Waals surface area contributed by atoms with E-state index in [9.17, 15) is 19.1 Å². The quantitative estimate of drug-likeness (QED) is 0.771. The SMILES string of the molecule is CCCCCC(C)n1c(O)c(F)c(=O)[nH]c1=O. The molecule has 1 aromatic heterocycles. The lowest BCUT2D eigenvalue weighted by Gasteiger charge is -2.15. The summed E-state index contributed by atoms with van der Waals surface area (Å²) in [6.07, 6.45) is 3.57. The van der Waals surface area contributed by atoms with E-state index in [0.717, 1.165) is 23.8 Å².